The van der Waals surface area contributed by atoms with Crippen LogP contribution in [0.15, 0.2) is 0 Å². The summed E-state index contributed by atoms with van der Waals surface area (Å²) in [4.78, 5) is 13.8. The number of carbonyl (C=O) groups is 1. The van der Waals surface area contributed by atoms with E-state index in [2.05, 4.69) is 34.5 Å². The van der Waals surface area contributed by atoms with E-state index in [1.165, 1.54) is 0 Å². The molecular formula is C11H20INO2. The molecule has 1 aliphatic rings. The second-order valence-electron chi connectivity index (χ2n) is 4.89. The number of nitrogens with zero attached hydrogens (tertiary/aromatic N) is 1. The lowest BCUT2D eigenvalue weighted by molar-refractivity contribution is -0.159. The van der Waals surface area contributed by atoms with Gasteiger partial charge in [0.1, 0.15) is 9.53 Å². The third-order valence-electron chi connectivity index (χ3n) is 3.06. The molecule has 0 aromatic carbocycles. The molecule has 1 rings (SSSR count). The predicted octanol–water partition coefficient (Wildman–Crippen LogP) is 2.08. The monoisotopic (exact) mass is 325 g/mol. The Morgan fingerprint density at radius 1 is 1.60 bits per heavy atom. The fourth-order valence-corrected chi connectivity index (χ4v) is 2.05. The lowest BCUT2D eigenvalue weighted by Gasteiger charge is -2.31. The van der Waals surface area contributed by atoms with Gasteiger partial charge in [-0.05, 0) is 40.8 Å². The van der Waals surface area contributed by atoms with Gasteiger partial charge < -0.3 is 9.64 Å². The summed E-state index contributed by atoms with van der Waals surface area (Å²) < 4.78 is 5.49. The van der Waals surface area contributed by atoms with Gasteiger partial charge in [-0.25, -0.2) is 0 Å². The van der Waals surface area contributed by atoms with E-state index in [1.54, 1.807) is 0 Å². The van der Waals surface area contributed by atoms with Crippen molar-refractivity contribution < 1.29 is 9.53 Å². The Morgan fingerprint density at radius 2 is 2.20 bits per heavy atom. The van der Waals surface area contributed by atoms with Crippen molar-refractivity contribution in [1.82, 2.24) is 4.90 Å². The summed E-state index contributed by atoms with van der Waals surface area (Å²) in [5.41, 5.74) is -0.332. The lowest BCUT2D eigenvalue weighted by atomic mass is 9.90. The van der Waals surface area contributed by atoms with Gasteiger partial charge in [0.2, 0.25) is 0 Å². The minimum atomic E-state index is -0.332. The molecule has 4 heteroatoms. The van der Waals surface area contributed by atoms with Gasteiger partial charge in [0.25, 0.3) is 0 Å². The van der Waals surface area contributed by atoms with Crippen LogP contribution in [-0.2, 0) is 9.53 Å². The number of alkyl halides is 1. The van der Waals surface area contributed by atoms with E-state index in [4.69, 9.17) is 4.74 Å². The Hall–Kier alpha value is 0.160. The summed E-state index contributed by atoms with van der Waals surface area (Å²) in [7, 11) is 2.11. The molecule has 0 N–H and O–H groups in total. The number of ether oxygens (including phenoxy) is 1. The fraction of sp³-hybridized carbons (Fsp3) is 0.909. The average Bonchev–Trinajstić information content (AvgIpc) is 2.51. The predicted molar refractivity (Wildman–Crippen MR) is 69.3 cm³/mol. The molecule has 0 aliphatic carbocycles. The van der Waals surface area contributed by atoms with Gasteiger partial charge in [-0.15, -0.1) is 0 Å². The first kappa shape index (κ1) is 13.2. The van der Waals surface area contributed by atoms with Crippen LogP contribution in [0.5, 0.6) is 0 Å². The standard InChI is InChI=1S/C11H20INO2/c1-8(12)10(14)15-11(2,3)9-5-6-13(4)7-9/h8-9H,5-7H2,1-4H3. The Labute approximate surface area is 106 Å². The molecular weight excluding hydrogens is 305 g/mol. The molecule has 0 bridgehead atoms. The molecule has 3 nitrogen and oxygen atoms in total. The highest BCUT2D eigenvalue weighted by atomic mass is 127. The highest BCUT2D eigenvalue weighted by Crippen LogP contribution is 2.30. The van der Waals surface area contributed by atoms with Crippen LogP contribution in [0.2, 0.25) is 0 Å². The zero-order chi connectivity index (χ0) is 11.6. The van der Waals surface area contributed by atoms with Gasteiger partial charge in [-0.3, -0.25) is 4.79 Å². The second-order valence-corrected chi connectivity index (χ2v) is 6.76. The van der Waals surface area contributed by atoms with Crippen molar-refractivity contribution in [1.29, 1.82) is 0 Å². The highest BCUT2D eigenvalue weighted by molar-refractivity contribution is 14.1. The zero-order valence-electron chi connectivity index (χ0n) is 9.92. The number of hydrogen-bond donors (Lipinski definition) is 0. The second kappa shape index (κ2) is 4.99. The van der Waals surface area contributed by atoms with Crippen molar-refractivity contribution in [3.05, 3.63) is 0 Å². The smallest absolute Gasteiger partial charge is 0.319 e. The number of hydrogen-bond acceptors (Lipinski definition) is 3. The number of carbonyl (C=O) groups excluding carboxylic acids is 1. The first-order chi connectivity index (χ1) is 6.83. The van der Waals surface area contributed by atoms with Crippen molar-refractivity contribution in [2.75, 3.05) is 20.1 Å². The molecule has 0 amide bonds. The van der Waals surface area contributed by atoms with Crippen molar-refractivity contribution in [3.8, 4) is 0 Å². The van der Waals surface area contributed by atoms with Gasteiger partial charge in [0, 0.05) is 12.5 Å². The van der Waals surface area contributed by atoms with Gasteiger partial charge in [0.05, 0.1) is 0 Å². The number of halogens is 1. The van der Waals surface area contributed by atoms with Crippen molar-refractivity contribution in [2.45, 2.75) is 36.7 Å². The summed E-state index contributed by atoms with van der Waals surface area (Å²) in [6, 6.07) is 0. The Balaban J connectivity index is 2.55. The molecule has 1 fully saturated rings. The maximum Gasteiger partial charge on any atom is 0.319 e. The summed E-state index contributed by atoms with van der Waals surface area (Å²) in [5.74, 6) is 0.358. The molecule has 15 heavy (non-hydrogen) atoms. The Kier molecular flexibility index (Phi) is 4.40. The van der Waals surface area contributed by atoms with Gasteiger partial charge in [-0.1, -0.05) is 22.6 Å². The summed E-state index contributed by atoms with van der Waals surface area (Å²) in [6.45, 7) is 8.03. The topological polar surface area (TPSA) is 29.5 Å². The van der Waals surface area contributed by atoms with Crippen molar-refractivity contribution in [3.63, 3.8) is 0 Å². The van der Waals surface area contributed by atoms with Gasteiger partial charge >= 0.3 is 5.97 Å². The zero-order valence-corrected chi connectivity index (χ0v) is 12.1. The van der Waals surface area contributed by atoms with Crippen LogP contribution in [-0.4, -0.2) is 40.5 Å². The number of likely N-dealkylation sites (tertiary alicyclic amines) is 1. The highest BCUT2D eigenvalue weighted by Gasteiger charge is 2.37. The van der Waals surface area contributed by atoms with Crippen molar-refractivity contribution in [2.24, 2.45) is 5.92 Å². The fourth-order valence-electron chi connectivity index (χ4n) is 1.93. The molecule has 0 aromatic rings. The molecule has 1 heterocycles. The SMILES string of the molecule is CC(I)C(=O)OC(C)(C)C1CCN(C)C1. The first-order valence-corrected chi connectivity index (χ1v) is 6.63. The van der Waals surface area contributed by atoms with Gasteiger partial charge in [-0.2, -0.15) is 0 Å². The van der Waals surface area contributed by atoms with E-state index in [1.807, 2.05) is 20.8 Å². The van der Waals surface area contributed by atoms with Crippen LogP contribution in [0.1, 0.15) is 27.2 Å². The minimum absolute atomic E-state index is 0.0685. The third-order valence-corrected chi connectivity index (χ3v) is 3.57. The normalized spacial score (nSPS) is 25.3. The molecule has 1 aliphatic heterocycles. The number of rotatable bonds is 3. The molecule has 0 saturated carbocycles. The van der Waals surface area contributed by atoms with E-state index in [0.717, 1.165) is 19.5 Å². The molecule has 0 aromatic heterocycles. The third kappa shape index (κ3) is 3.59. The van der Waals surface area contributed by atoms with Crippen LogP contribution in [0.25, 0.3) is 0 Å². The quantitative estimate of drug-likeness (QED) is 0.452. The van der Waals surface area contributed by atoms with Crippen LogP contribution < -0.4 is 0 Å². The molecule has 0 spiro atoms. The van der Waals surface area contributed by atoms with Crippen LogP contribution in [0.3, 0.4) is 0 Å². The number of esters is 1. The van der Waals surface area contributed by atoms with E-state index in [-0.39, 0.29) is 15.5 Å². The Bertz CT molecular complexity index is 241. The molecule has 2 atom stereocenters. The molecule has 1 saturated heterocycles. The molecule has 0 radical (unpaired) electrons. The lowest BCUT2D eigenvalue weighted by Crippen LogP contribution is -2.39. The van der Waals surface area contributed by atoms with Crippen LogP contribution in [0.4, 0.5) is 0 Å². The van der Waals surface area contributed by atoms with E-state index >= 15 is 0 Å². The molecule has 2 unspecified atom stereocenters. The van der Waals surface area contributed by atoms with Gasteiger partial charge in [0.15, 0.2) is 0 Å². The maximum absolute atomic E-state index is 11.6. The first-order valence-electron chi connectivity index (χ1n) is 5.38. The maximum atomic E-state index is 11.6. The van der Waals surface area contributed by atoms with E-state index in [0.29, 0.717) is 5.92 Å². The van der Waals surface area contributed by atoms with Crippen molar-refractivity contribution >= 4 is 28.6 Å². The molecule has 88 valence electrons. The minimum Gasteiger partial charge on any atom is -0.459 e. The summed E-state index contributed by atoms with van der Waals surface area (Å²) in [6.07, 6.45) is 1.12. The average molecular weight is 325 g/mol. The Morgan fingerprint density at radius 3 is 2.60 bits per heavy atom. The summed E-state index contributed by atoms with van der Waals surface area (Å²) in [5, 5.41) is 0. The largest absolute Gasteiger partial charge is 0.459 e. The van der Waals surface area contributed by atoms with Crippen LogP contribution in [0, 0.1) is 5.92 Å². The van der Waals surface area contributed by atoms with Crippen LogP contribution >= 0.6 is 22.6 Å². The van der Waals surface area contributed by atoms with E-state index in [9.17, 15) is 4.79 Å². The van der Waals surface area contributed by atoms with E-state index < -0.39 is 0 Å². The summed E-state index contributed by atoms with van der Waals surface area (Å²) >= 11 is 2.09.